The van der Waals surface area contributed by atoms with E-state index in [2.05, 4.69) is 34.5 Å². The molecular weight excluding hydrogens is 272 g/mol. The first-order valence-electron chi connectivity index (χ1n) is 7.24. The Morgan fingerprint density at radius 2 is 1.80 bits per heavy atom. The quantitative estimate of drug-likeness (QED) is 0.883. The summed E-state index contributed by atoms with van der Waals surface area (Å²) in [5, 5.41) is 3.15. The molecule has 5 heteroatoms. The van der Waals surface area contributed by atoms with Crippen LogP contribution in [0.2, 0.25) is 0 Å². The van der Waals surface area contributed by atoms with Crippen LogP contribution in [0.15, 0.2) is 24.3 Å². The Labute approximate surface area is 122 Å². The molecule has 1 heterocycles. The van der Waals surface area contributed by atoms with Gasteiger partial charge in [-0.05, 0) is 44.1 Å². The lowest BCUT2D eigenvalue weighted by molar-refractivity contribution is 0.287. The minimum Gasteiger partial charge on any atom is -0.319 e. The highest BCUT2D eigenvalue weighted by Crippen LogP contribution is 2.11. The third-order valence-corrected chi connectivity index (χ3v) is 5.46. The molecule has 1 N–H and O–H groups in total. The van der Waals surface area contributed by atoms with Crippen molar-refractivity contribution in [2.45, 2.75) is 19.4 Å². The molecule has 2 rings (SSSR count). The Balaban J connectivity index is 1.89. The van der Waals surface area contributed by atoms with E-state index < -0.39 is 9.84 Å². The molecule has 0 bridgehead atoms. The van der Waals surface area contributed by atoms with E-state index in [9.17, 15) is 8.42 Å². The van der Waals surface area contributed by atoms with Gasteiger partial charge in [-0.2, -0.15) is 0 Å². The molecule has 1 aromatic rings. The summed E-state index contributed by atoms with van der Waals surface area (Å²) in [5.41, 5.74) is 2.60. The van der Waals surface area contributed by atoms with Gasteiger partial charge in [0.25, 0.3) is 0 Å². The van der Waals surface area contributed by atoms with Crippen molar-refractivity contribution in [1.29, 1.82) is 0 Å². The van der Waals surface area contributed by atoms with Gasteiger partial charge in [-0.15, -0.1) is 0 Å². The topological polar surface area (TPSA) is 49.4 Å². The van der Waals surface area contributed by atoms with Gasteiger partial charge in [0, 0.05) is 13.1 Å². The highest BCUT2D eigenvalue weighted by molar-refractivity contribution is 7.91. The highest BCUT2D eigenvalue weighted by Gasteiger charge is 2.18. The number of benzene rings is 1. The monoisotopic (exact) mass is 296 g/mol. The maximum atomic E-state index is 11.6. The van der Waals surface area contributed by atoms with Gasteiger partial charge in [0.2, 0.25) is 0 Å². The molecular formula is C15H24N2O2S. The first-order chi connectivity index (χ1) is 9.59. The van der Waals surface area contributed by atoms with E-state index >= 15 is 0 Å². The van der Waals surface area contributed by atoms with Crippen molar-refractivity contribution >= 4 is 9.84 Å². The Morgan fingerprint density at radius 3 is 2.50 bits per heavy atom. The van der Waals surface area contributed by atoms with Gasteiger partial charge < -0.3 is 5.32 Å². The smallest absolute Gasteiger partial charge is 0.151 e. The molecule has 20 heavy (non-hydrogen) atoms. The molecule has 0 unspecified atom stereocenters. The molecule has 0 aliphatic carbocycles. The minimum absolute atomic E-state index is 0.299. The van der Waals surface area contributed by atoms with Gasteiger partial charge in [-0.25, -0.2) is 8.42 Å². The van der Waals surface area contributed by atoms with Crippen LogP contribution >= 0.6 is 0 Å². The lowest BCUT2D eigenvalue weighted by atomic mass is 10.1. The standard InChI is InChI=1S/C15H24N2O2S/c1-16-8-7-14-3-5-15(6-4-14)13-17-9-2-11-20(18,19)12-10-17/h3-6,16H,2,7-13H2,1H3. The van der Waals surface area contributed by atoms with Gasteiger partial charge in [0.05, 0.1) is 11.5 Å². The fourth-order valence-electron chi connectivity index (χ4n) is 2.49. The van der Waals surface area contributed by atoms with E-state index in [1.165, 1.54) is 11.1 Å². The highest BCUT2D eigenvalue weighted by atomic mass is 32.2. The summed E-state index contributed by atoms with van der Waals surface area (Å²) in [5.74, 6) is 0.639. The average Bonchev–Trinajstić information content (AvgIpc) is 2.59. The second-order valence-corrected chi connectivity index (χ2v) is 7.76. The average molecular weight is 296 g/mol. The minimum atomic E-state index is -2.81. The van der Waals surface area contributed by atoms with Crippen molar-refractivity contribution in [3.8, 4) is 0 Å². The zero-order chi connectivity index (χ0) is 14.4. The molecule has 0 radical (unpaired) electrons. The van der Waals surface area contributed by atoms with Crippen LogP contribution < -0.4 is 5.32 Å². The van der Waals surface area contributed by atoms with E-state index in [0.29, 0.717) is 18.1 Å². The predicted octanol–water partition coefficient (Wildman–Crippen LogP) is 1.07. The fourth-order valence-corrected chi connectivity index (χ4v) is 3.80. The van der Waals surface area contributed by atoms with Crippen LogP contribution in [0.3, 0.4) is 0 Å². The number of likely N-dealkylation sites (N-methyl/N-ethyl adjacent to an activating group) is 1. The Kier molecular flexibility index (Phi) is 5.57. The number of nitrogens with one attached hydrogen (secondary N) is 1. The van der Waals surface area contributed by atoms with Crippen LogP contribution in [0.5, 0.6) is 0 Å². The summed E-state index contributed by atoms with van der Waals surface area (Å²) < 4.78 is 23.2. The van der Waals surface area contributed by atoms with Crippen LogP contribution in [-0.4, -0.2) is 51.5 Å². The van der Waals surface area contributed by atoms with Gasteiger partial charge >= 0.3 is 0 Å². The van der Waals surface area contributed by atoms with Crippen molar-refractivity contribution in [3.05, 3.63) is 35.4 Å². The largest absolute Gasteiger partial charge is 0.319 e. The Hall–Kier alpha value is -0.910. The van der Waals surface area contributed by atoms with E-state index in [-0.39, 0.29) is 0 Å². The molecule has 1 saturated heterocycles. The van der Waals surface area contributed by atoms with Crippen molar-refractivity contribution < 1.29 is 8.42 Å². The summed E-state index contributed by atoms with van der Waals surface area (Å²) >= 11 is 0. The molecule has 1 aliphatic rings. The third kappa shape index (κ3) is 4.89. The molecule has 1 aromatic carbocycles. The maximum absolute atomic E-state index is 11.6. The van der Waals surface area contributed by atoms with Crippen LogP contribution in [0.25, 0.3) is 0 Å². The lowest BCUT2D eigenvalue weighted by Gasteiger charge is -2.19. The Bertz CT molecular complexity index is 511. The number of nitrogens with zero attached hydrogens (tertiary/aromatic N) is 1. The van der Waals surface area contributed by atoms with E-state index in [0.717, 1.165) is 32.5 Å². The van der Waals surface area contributed by atoms with Crippen LogP contribution in [0, 0.1) is 0 Å². The molecule has 0 spiro atoms. The molecule has 112 valence electrons. The zero-order valence-corrected chi connectivity index (χ0v) is 13.0. The molecule has 4 nitrogen and oxygen atoms in total. The van der Waals surface area contributed by atoms with Gasteiger partial charge in [-0.1, -0.05) is 24.3 Å². The van der Waals surface area contributed by atoms with Crippen LogP contribution in [0.4, 0.5) is 0 Å². The number of hydrogen-bond donors (Lipinski definition) is 1. The zero-order valence-electron chi connectivity index (χ0n) is 12.1. The van der Waals surface area contributed by atoms with Crippen molar-refractivity contribution in [2.75, 3.05) is 38.2 Å². The van der Waals surface area contributed by atoms with Crippen molar-refractivity contribution in [3.63, 3.8) is 0 Å². The summed E-state index contributed by atoms with van der Waals surface area (Å²) in [4.78, 5) is 2.24. The number of hydrogen-bond acceptors (Lipinski definition) is 4. The van der Waals surface area contributed by atoms with Crippen LogP contribution in [0.1, 0.15) is 17.5 Å². The summed E-state index contributed by atoms with van der Waals surface area (Å²) in [6.07, 6.45) is 1.79. The second kappa shape index (κ2) is 7.20. The second-order valence-electron chi connectivity index (χ2n) is 5.45. The maximum Gasteiger partial charge on any atom is 0.151 e. The first kappa shape index (κ1) is 15.5. The first-order valence-corrected chi connectivity index (χ1v) is 9.06. The molecule has 0 atom stereocenters. The number of rotatable bonds is 5. The lowest BCUT2D eigenvalue weighted by Crippen LogP contribution is -2.26. The van der Waals surface area contributed by atoms with E-state index in [1.807, 2.05) is 7.05 Å². The molecule has 1 fully saturated rings. The molecule has 0 amide bonds. The van der Waals surface area contributed by atoms with Crippen molar-refractivity contribution in [2.24, 2.45) is 0 Å². The molecule has 1 aliphatic heterocycles. The fraction of sp³-hybridized carbons (Fsp3) is 0.600. The summed E-state index contributed by atoms with van der Waals surface area (Å²) in [7, 11) is -0.850. The Morgan fingerprint density at radius 1 is 1.10 bits per heavy atom. The predicted molar refractivity (Wildman–Crippen MR) is 82.6 cm³/mol. The van der Waals surface area contributed by atoms with Gasteiger partial charge in [0.1, 0.15) is 0 Å². The van der Waals surface area contributed by atoms with E-state index in [4.69, 9.17) is 0 Å². The normalized spacial score (nSPS) is 19.6. The molecule has 0 saturated carbocycles. The van der Waals surface area contributed by atoms with Gasteiger partial charge in [0.15, 0.2) is 9.84 Å². The summed E-state index contributed by atoms with van der Waals surface area (Å²) in [6.45, 7) is 3.37. The number of sulfone groups is 1. The third-order valence-electron chi connectivity index (χ3n) is 3.74. The van der Waals surface area contributed by atoms with Gasteiger partial charge in [-0.3, -0.25) is 4.90 Å². The summed E-state index contributed by atoms with van der Waals surface area (Å²) in [6, 6.07) is 8.65. The van der Waals surface area contributed by atoms with Crippen molar-refractivity contribution in [1.82, 2.24) is 10.2 Å². The van der Waals surface area contributed by atoms with Crippen LogP contribution in [-0.2, 0) is 22.8 Å². The SMILES string of the molecule is CNCCc1ccc(CN2CCCS(=O)(=O)CC2)cc1. The van der Waals surface area contributed by atoms with E-state index in [1.54, 1.807) is 0 Å². The molecule has 0 aromatic heterocycles.